The van der Waals surface area contributed by atoms with Crippen molar-refractivity contribution in [1.29, 1.82) is 0 Å². The molecule has 0 aromatic rings. The number of carbonyl (C=O) groups excluding carboxylic acids is 1. The molecule has 0 heterocycles. The molecule has 0 aliphatic heterocycles. The smallest absolute Gasteiger partial charge is 0.306 e. The lowest BCUT2D eigenvalue weighted by Crippen LogP contribution is -2.37. The molecule has 0 aliphatic carbocycles. The van der Waals surface area contributed by atoms with Gasteiger partial charge >= 0.3 is 5.97 Å². The molecule has 0 radical (unpaired) electrons. The van der Waals surface area contributed by atoms with Crippen molar-refractivity contribution in [3.05, 3.63) is 48.6 Å². The average molecular weight is 880 g/mol. The van der Waals surface area contributed by atoms with Gasteiger partial charge in [0, 0.05) is 13.0 Å². The van der Waals surface area contributed by atoms with E-state index in [4.69, 9.17) is 18.5 Å². The number of hydrogen-bond donors (Lipinski definition) is 0. The van der Waals surface area contributed by atoms with Crippen LogP contribution in [-0.2, 0) is 27.9 Å². The Kier molecular flexibility index (Phi) is 43.9. The molecular formula is C52H98NO7P. The Balaban J connectivity index is 4.18. The Bertz CT molecular complexity index is 1120. The first-order valence-electron chi connectivity index (χ1n) is 25.4. The predicted molar refractivity (Wildman–Crippen MR) is 259 cm³/mol. The lowest BCUT2D eigenvalue weighted by Gasteiger charge is -2.28. The van der Waals surface area contributed by atoms with E-state index in [2.05, 4.69) is 62.5 Å². The number of likely N-dealkylation sites (N-methyl/N-ethyl adjacent to an activating group) is 1. The fraction of sp³-hybridized carbons (Fsp3) is 0.827. The average Bonchev–Trinajstić information content (AvgIpc) is 3.22. The maximum atomic E-state index is 12.7. The van der Waals surface area contributed by atoms with Crippen LogP contribution in [0.4, 0.5) is 0 Å². The van der Waals surface area contributed by atoms with Gasteiger partial charge in [0.25, 0.3) is 7.82 Å². The zero-order valence-electron chi connectivity index (χ0n) is 40.6. The standard InChI is InChI=1S/C52H98NO7P/c1-6-8-10-12-14-16-18-20-22-24-26-28-30-32-34-36-38-40-42-44-47-57-49-51(50-59-61(55,56)58-48-46-53(3,4)5)60-52(54)45-43-41-39-37-35-33-31-29-27-25-23-21-19-17-15-13-11-9-7-2/h15,17,20-23,27,29,51H,6-14,16,18-19,24-26,28,30-50H2,1-5H3/b17-15-,22-20-,23-21-,29-27-/t51-/m1/s1. The van der Waals surface area contributed by atoms with E-state index in [1.807, 2.05) is 21.1 Å². The van der Waals surface area contributed by atoms with Gasteiger partial charge < -0.3 is 27.9 Å². The second-order valence-corrected chi connectivity index (χ2v) is 19.6. The van der Waals surface area contributed by atoms with Crippen molar-refractivity contribution in [1.82, 2.24) is 0 Å². The van der Waals surface area contributed by atoms with Gasteiger partial charge in [-0.15, -0.1) is 0 Å². The van der Waals surface area contributed by atoms with Gasteiger partial charge in [0.2, 0.25) is 0 Å². The molecule has 0 saturated carbocycles. The summed E-state index contributed by atoms with van der Waals surface area (Å²) in [5.74, 6) is -0.346. The van der Waals surface area contributed by atoms with E-state index in [0.29, 0.717) is 24.1 Å². The zero-order chi connectivity index (χ0) is 44.8. The maximum absolute atomic E-state index is 12.7. The molecule has 0 aromatic carbocycles. The van der Waals surface area contributed by atoms with Gasteiger partial charge in [-0.3, -0.25) is 9.36 Å². The minimum atomic E-state index is -4.53. The highest BCUT2D eigenvalue weighted by Gasteiger charge is 2.20. The van der Waals surface area contributed by atoms with Crippen molar-refractivity contribution in [3.8, 4) is 0 Å². The number of ether oxygens (including phenoxy) is 2. The number of nitrogens with zero attached hydrogens (tertiary/aromatic N) is 1. The number of carbonyl (C=O) groups is 1. The number of quaternary nitrogens is 1. The highest BCUT2D eigenvalue weighted by Crippen LogP contribution is 2.38. The van der Waals surface area contributed by atoms with E-state index in [9.17, 15) is 14.3 Å². The number of esters is 1. The third kappa shape index (κ3) is 49.3. The molecule has 0 aromatic heterocycles. The van der Waals surface area contributed by atoms with E-state index in [1.54, 1.807) is 0 Å². The molecule has 0 amide bonds. The van der Waals surface area contributed by atoms with Crippen molar-refractivity contribution in [3.63, 3.8) is 0 Å². The molecule has 61 heavy (non-hydrogen) atoms. The SMILES string of the molecule is CCCCC/C=C\C/C=C\C/C=C\CCCCCCCCC(=O)O[C@H](COCCCCCCCCCCCC/C=C\CCCCCCCC)COP(=O)([O-])OCC[N+](C)(C)C. The molecule has 0 aliphatic rings. The first-order valence-corrected chi connectivity index (χ1v) is 26.8. The number of phosphoric ester groups is 1. The highest BCUT2D eigenvalue weighted by atomic mass is 31.2. The molecule has 1 unspecified atom stereocenters. The monoisotopic (exact) mass is 880 g/mol. The summed E-state index contributed by atoms with van der Waals surface area (Å²) in [6, 6.07) is 0. The van der Waals surface area contributed by atoms with Crippen molar-refractivity contribution >= 4 is 13.8 Å². The molecular weight excluding hydrogens is 782 g/mol. The lowest BCUT2D eigenvalue weighted by molar-refractivity contribution is -0.870. The number of allylic oxidation sites excluding steroid dienone is 8. The van der Waals surface area contributed by atoms with Crippen molar-refractivity contribution in [2.24, 2.45) is 0 Å². The highest BCUT2D eigenvalue weighted by molar-refractivity contribution is 7.45. The Morgan fingerprint density at radius 2 is 0.902 bits per heavy atom. The molecule has 2 atom stereocenters. The van der Waals surface area contributed by atoms with E-state index in [-0.39, 0.29) is 25.8 Å². The largest absolute Gasteiger partial charge is 0.756 e. The fourth-order valence-electron chi connectivity index (χ4n) is 6.90. The molecule has 0 bridgehead atoms. The fourth-order valence-corrected chi connectivity index (χ4v) is 7.63. The van der Waals surface area contributed by atoms with Gasteiger partial charge in [-0.2, -0.15) is 0 Å². The van der Waals surface area contributed by atoms with E-state index >= 15 is 0 Å². The molecule has 0 rings (SSSR count). The second-order valence-electron chi connectivity index (χ2n) is 18.2. The number of unbranched alkanes of at least 4 members (excludes halogenated alkanes) is 25. The zero-order valence-corrected chi connectivity index (χ0v) is 41.5. The number of phosphoric acid groups is 1. The summed E-state index contributed by atoms with van der Waals surface area (Å²) in [6.45, 7) is 5.38. The topological polar surface area (TPSA) is 94.1 Å². The molecule has 0 spiro atoms. The first-order chi connectivity index (χ1) is 29.6. The van der Waals surface area contributed by atoms with E-state index in [0.717, 1.165) is 57.8 Å². The van der Waals surface area contributed by atoms with Crippen molar-refractivity contribution < 1.29 is 37.3 Å². The van der Waals surface area contributed by atoms with Crippen LogP contribution in [0.1, 0.15) is 219 Å². The van der Waals surface area contributed by atoms with Gasteiger partial charge in [-0.05, 0) is 77.0 Å². The summed E-state index contributed by atoms with van der Waals surface area (Å²) in [4.78, 5) is 25.2. The third-order valence-electron chi connectivity index (χ3n) is 10.9. The van der Waals surface area contributed by atoms with Crippen LogP contribution in [0.25, 0.3) is 0 Å². The third-order valence-corrected chi connectivity index (χ3v) is 11.8. The number of hydrogen-bond acceptors (Lipinski definition) is 7. The normalized spacial score (nSPS) is 14.0. The van der Waals surface area contributed by atoms with Crippen molar-refractivity contribution in [2.75, 3.05) is 54.1 Å². The first kappa shape index (κ1) is 59.5. The van der Waals surface area contributed by atoms with Crippen molar-refractivity contribution in [2.45, 2.75) is 225 Å². The minimum Gasteiger partial charge on any atom is -0.756 e. The van der Waals surface area contributed by atoms with Gasteiger partial charge in [-0.1, -0.05) is 184 Å². The molecule has 0 fully saturated rings. The molecule has 0 saturated heterocycles. The van der Waals surface area contributed by atoms with Gasteiger partial charge in [0.05, 0.1) is 34.4 Å². The summed E-state index contributed by atoms with van der Waals surface area (Å²) >= 11 is 0. The summed E-state index contributed by atoms with van der Waals surface area (Å²) in [5.41, 5.74) is 0. The predicted octanol–water partition coefficient (Wildman–Crippen LogP) is 14.9. The van der Waals surface area contributed by atoms with Crippen LogP contribution in [0, 0.1) is 0 Å². The summed E-state index contributed by atoms with van der Waals surface area (Å²) in [7, 11) is 1.35. The van der Waals surface area contributed by atoms with Gasteiger partial charge in [-0.25, -0.2) is 0 Å². The van der Waals surface area contributed by atoms with Crippen LogP contribution in [0.2, 0.25) is 0 Å². The van der Waals surface area contributed by atoms with Crippen LogP contribution >= 0.6 is 7.82 Å². The van der Waals surface area contributed by atoms with Crippen LogP contribution in [0.5, 0.6) is 0 Å². The summed E-state index contributed by atoms with van der Waals surface area (Å²) in [6.07, 6.45) is 55.5. The quantitative estimate of drug-likeness (QED) is 0.0198. The van der Waals surface area contributed by atoms with E-state index in [1.165, 1.54) is 141 Å². The Labute approximate surface area is 378 Å². The van der Waals surface area contributed by atoms with Crippen LogP contribution in [0.15, 0.2) is 48.6 Å². The Morgan fingerprint density at radius 1 is 0.508 bits per heavy atom. The molecule has 9 heteroatoms. The van der Waals surface area contributed by atoms with Gasteiger partial charge in [0.1, 0.15) is 19.3 Å². The molecule has 358 valence electrons. The van der Waals surface area contributed by atoms with Gasteiger partial charge in [0.15, 0.2) is 0 Å². The lowest BCUT2D eigenvalue weighted by atomic mass is 10.1. The number of rotatable bonds is 47. The minimum absolute atomic E-state index is 0.0222. The van der Waals surface area contributed by atoms with Crippen LogP contribution in [0.3, 0.4) is 0 Å². The van der Waals surface area contributed by atoms with E-state index < -0.39 is 13.9 Å². The Hall–Kier alpha value is -1.54. The summed E-state index contributed by atoms with van der Waals surface area (Å²) < 4.78 is 34.7. The summed E-state index contributed by atoms with van der Waals surface area (Å²) in [5, 5.41) is 0. The van der Waals surface area contributed by atoms with Crippen LogP contribution < -0.4 is 4.89 Å². The second kappa shape index (κ2) is 45.0. The van der Waals surface area contributed by atoms with Crippen LogP contribution in [-0.4, -0.2) is 70.7 Å². The molecule has 0 N–H and O–H groups in total. The maximum Gasteiger partial charge on any atom is 0.306 e. The Morgan fingerprint density at radius 3 is 1.39 bits per heavy atom. The molecule has 8 nitrogen and oxygen atoms in total.